The average molecular weight is 262 g/mol. The maximum absolute atomic E-state index is 11.1. The Bertz CT molecular complexity index is 428. The van der Waals surface area contributed by atoms with Gasteiger partial charge in [-0.15, -0.1) is 0 Å². The van der Waals surface area contributed by atoms with Gasteiger partial charge in [0.05, 0.1) is 5.60 Å². The van der Waals surface area contributed by atoms with E-state index in [1.807, 2.05) is 0 Å². The Morgan fingerprint density at radius 3 is 2.39 bits per heavy atom. The Kier molecular flexibility index (Phi) is 3.19. The smallest absolute Gasteiger partial charge is 0.0920 e. The fraction of sp³-hybridized carbons (Fsp3) is 0.625. The fourth-order valence-electron chi connectivity index (χ4n) is 3.56. The van der Waals surface area contributed by atoms with Gasteiger partial charge in [-0.25, -0.2) is 0 Å². The number of thioether (sulfide) groups is 1. The van der Waals surface area contributed by atoms with E-state index in [1.54, 1.807) is 0 Å². The average Bonchev–Trinajstić information content (AvgIpc) is 2.69. The summed E-state index contributed by atoms with van der Waals surface area (Å²) in [5.74, 6) is 0.484. The molecule has 2 heteroatoms. The molecule has 98 valence electrons. The minimum atomic E-state index is -0.571. The van der Waals surface area contributed by atoms with E-state index in [-0.39, 0.29) is 0 Å². The third-order valence-electron chi connectivity index (χ3n) is 4.41. The molecule has 1 aromatic rings. The number of fused-ring (bicyclic) bond motifs is 2. The SMILES string of the molecule is CC(C)c1ccccc1C1(O)CC2CCC(C1)S2. The fourth-order valence-corrected chi connectivity index (χ4v) is 5.39. The molecule has 1 aromatic carbocycles. The first kappa shape index (κ1) is 12.6. The first-order valence-electron chi connectivity index (χ1n) is 7.06. The monoisotopic (exact) mass is 262 g/mol. The van der Waals surface area contributed by atoms with Crippen LogP contribution in [0.1, 0.15) is 56.6 Å². The van der Waals surface area contributed by atoms with Crippen molar-refractivity contribution in [2.24, 2.45) is 0 Å². The summed E-state index contributed by atoms with van der Waals surface area (Å²) in [6.07, 6.45) is 4.47. The van der Waals surface area contributed by atoms with Crippen LogP contribution in [0.25, 0.3) is 0 Å². The molecule has 0 saturated carbocycles. The van der Waals surface area contributed by atoms with Crippen LogP contribution in [0.3, 0.4) is 0 Å². The van der Waals surface area contributed by atoms with E-state index >= 15 is 0 Å². The van der Waals surface area contributed by atoms with Gasteiger partial charge in [0.2, 0.25) is 0 Å². The van der Waals surface area contributed by atoms with Crippen molar-refractivity contribution < 1.29 is 5.11 Å². The highest BCUT2D eigenvalue weighted by Gasteiger charge is 2.45. The number of benzene rings is 1. The van der Waals surface area contributed by atoms with Gasteiger partial charge < -0.3 is 5.11 Å². The summed E-state index contributed by atoms with van der Waals surface area (Å²) >= 11 is 2.10. The molecule has 1 N–H and O–H groups in total. The summed E-state index contributed by atoms with van der Waals surface area (Å²) in [6, 6.07) is 8.49. The zero-order chi connectivity index (χ0) is 12.8. The van der Waals surface area contributed by atoms with Crippen LogP contribution in [0.2, 0.25) is 0 Å². The summed E-state index contributed by atoms with van der Waals surface area (Å²) in [7, 11) is 0. The Morgan fingerprint density at radius 1 is 1.17 bits per heavy atom. The molecule has 2 unspecified atom stereocenters. The van der Waals surface area contributed by atoms with Crippen LogP contribution < -0.4 is 0 Å². The van der Waals surface area contributed by atoms with Crippen molar-refractivity contribution in [1.82, 2.24) is 0 Å². The van der Waals surface area contributed by atoms with Crippen LogP contribution in [0.15, 0.2) is 24.3 Å². The van der Waals surface area contributed by atoms with E-state index in [2.05, 4.69) is 49.9 Å². The maximum atomic E-state index is 11.1. The first-order chi connectivity index (χ1) is 8.58. The third-order valence-corrected chi connectivity index (χ3v) is 5.98. The van der Waals surface area contributed by atoms with Crippen molar-refractivity contribution in [2.75, 3.05) is 0 Å². The van der Waals surface area contributed by atoms with Crippen LogP contribution in [0, 0.1) is 0 Å². The van der Waals surface area contributed by atoms with Crippen LogP contribution in [0.4, 0.5) is 0 Å². The number of aliphatic hydroxyl groups is 1. The van der Waals surface area contributed by atoms with E-state index in [9.17, 15) is 5.11 Å². The second-order valence-electron chi connectivity index (χ2n) is 6.14. The van der Waals surface area contributed by atoms with Crippen LogP contribution in [-0.2, 0) is 5.60 Å². The molecule has 2 bridgehead atoms. The van der Waals surface area contributed by atoms with Gasteiger partial charge in [-0.2, -0.15) is 11.8 Å². The zero-order valence-electron chi connectivity index (χ0n) is 11.2. The summed E-state index contributed by atoms with van der Waals surface area (Å²) in [6.45, 7) is 4.43. The van der Waals surface area contributed by atoms with Crippen molar-refractivity contribution in [3.63, 3.8) is 0 Å². The number of rotatable bonds is 2. The van der Waals surface area contributed by atoms with Crippen LogP contribution in [0.5, 0.6) is 0 Å². The molecule has 2 aliphatic rings. The Balaban J connectivity index is 1.98. The first-order valence-corrected chi connectivity index (χ1v) is 8.00. The van der Waals surface area contributed by atoms with Gasteiger partial charge in [0.15, 0.2) is 0 Å². The molecule has 0 spiro atoms. The molecule has 1 nitrogen and oxygen atoms in total. The highest BCUT2D eigenvalue weighted by atomic mass is 32.2. The minimum Gasteiger partial charge on any atom is -0.385 e. The lowest BCUT2D eigenvalue weighted by molar-refractivity contribution is 0.0186. The number of hydrogen-bond acceptors (Lipinski definition) is 2. The molecule has 2 heterocycles. The quantitative estimate of drug-likeness (QED) is 0.867. The van der Waals surface area contributed by atoms with Crippen molar-refractivity contribution in [1.29, 1.82) is 0 Å². The zero-order valence-corrected chi connectivity index (χ0v) is 12.0. The van der Waals surface area contributed by atoms with Crippen LogP contribution >= 0.6 is 11.8 Å². The lowest BCUT2D eigenvalue weighted by atomic mass is 9.80. The van der Waals surface area contributed by atoms with Gasteiger partial charge in [-0.1, -0.05) is 38.1 Å². The second-order valence-corrected chi connectivity index (χ2v) is 7.74. The molecule has 2 atom stereocenters. The largest absolute Gasteiger partial charge is 0.385 e. The summed E-state index contributed by atoms with van der Waals surface area (Å²) in [5.41, 5.74) is 1.95. The molecule has 2 fully saturated rings. The van der Waals surface area contributed by atoms with Crippen LogP contribution in [-0.4, -0.2) is 15.6 Å². The van der Waals surface area contributed by atoms with Gasteiger partial charge in [0.25, 0.3) is 0 Å². The van der Waals surface area contributed by atoms with E-state index in [0.717, 1.165) is 12.8 Å². The van der Waals surface area contributed by atoms with E-state index in [4.69, 9.17) is 0 Å². The highest BCUT2D eigenvalue weighted by Crippen LogP contribution is 2.52. The predicted molar refractivity (Wildman–Crippen MR) is 78.1 cm³/mol. The Morgan fingerprint density at radius 2 is 1.78 bits per heavy atom. The second kappa shape index (κ2) is 4.57. The lowest BCUT2D eigenvalue weighted by Gasteiger charge is -2.38. The highest BCUT2D eigenvalue weighted by molar-refractivity contribution is 8.00. The molecular weight excluding hydrogens is 240 g/mol. The van der Waals surface area contributed by atoms with Crippen molar-refractivity contribution in [3.05, 3.63) is 35.4 Å². The summed E-state index contributed by atoms with van der Waals surface area (Å²) in [5, 5.41) is 12.5. The Hall–Kier alpha value is -0.470. The lowest BCUT2D eigenvalue weighted by Crippen LogP contribution is -2.35. The molecule has 0 aromatic heterocycles. The molecule has 18 heavy (non-hydrogen) atoms. The van der Waals surface area contributed by atoms with Gasteiger partial charge >= 0.3 is 0 Å². The molecule has 2 aliphatic heterocycles. The third kappa shape index (κ3) is 2.10. The molecular formula is C16H22OS. The van der Waals surface area contributed by atoms with Gasteiger partial charge in [0.1, 0.15) is 0 Å². The molecule has 0 amide bonds. The molecule has 3 rings (SSSR count). The minimum absolute atomic E-state index is 0.484. The molecule has 2 saturated heterocycles. The standard InChI is InChI=1S/C16H22OS/c1-11(2)14-5-3-4-6-15(14)16(17)9-12-7-8-13(10-16)18-12/h3-6,11-13,17H,7-10H2,1-2H3. The van der Waals surface area contributed by atoms with Gasteiger partial charge in [-0.3, -0.25) is 0 Å². The van der Waals surface area contributed by atoms with Crippen molar-refractivity contribution in [2.45, 2.75) is 61.5 Å². The Labute approximate surface area is 114 Å². The summed E-state index contributed by atoms with van der Waals surface area (Å²) in [4.78, 5) is 0. The molecule has 0 aliphatic carbocycles. The normalized spacial score (nSPS) is 35.1. The topological polar surface area (TPSA) is 20.2 Å². The van der Waals surface area contributed by atoms with E-state index < -0.39 is 5.60 Å². The predicted octanol–water partition coefficient (Wildman–Crippen LogP) is 4.06. The van der Waals surface area contributed by atoms with Gasteiger partial charge in [-0.05, 0) is 42.7 Å². The molecule has 0 radical (unpaired) electrons. The van der Waals surface area contributed by atoms with E-state index in [0.29, 0.717) is 16.4 Å². The maximum Gasteiger partial charge on any atom is 0.0920 e. The number of hydrogen-bond donors (Lipinski definition) is 1. The van der Waals surface area contributed by atoms with Crippen molar-refractivity contribution >= 4 is 11.8 Å². The van der Waals surface area contributed by atoms with Crippen molar-refractivity contribution in [3.8, 4) is 0 Å². The van der Waals surface area contributed by atoms with E-state index in [1.165, 1.54) is 24.0 Å². The van der Waals surface area contributed by atoms with Gasteiger partial charge in [0, 0.05) is 10.5 Å². The summed E-state index contributed by atoms with van der Waals surface area (Å²) < 4.78 is 0.